The average Bonchev–Trinajstić information content (AvgIpc) is 3.18. The van der Waals surface area contributed by atoms with E-state index in [-0.39, 0.29) is 23.5 Å². The molecule has 0 spiro atoms. The highest BCUT2D eigenvalue weighted by Crippen LogP contribution is 2.43. The topological polar surface area (TPSA) is 93.1 Å². The molecular formula is C31H31NO6. The van der Waals surface area contributed by atoms with Crippen LogP contribution < -0.4 is 9.64 Å². The number of Topliss-reactive ketones (excluding diaryl/α,β-unsaturated/α-hetero) is 1. The van der Waals surface area contributed by atoms with Crippen molar-refractivity contribution in [2.75, 3.05) is 18.1 Å². The van der Waals surface area contributed by atoms with Gasteiger partial charge in [0.2, 0.25) is 0 Å². The van der Waals surface area contributed by atoms with Crippen LogP contribution in [0.1, 0.15) is 58.9 Å². The van der Waals surface area contributed by atoms with Crippen LogP contribution >= 0.6 is 0 Å². The van der Waals surface area contributed by atoms with E-state index < -0.39 is 23.7 Å². The third kappa shape index (κ3) is 5.05. The van der Waals surface area contributed by atoms with Crippen LogP contribution in [-0.4, -0.2) is 36.0 Å². The minimum Gasteiger partial charge on any atom is -0.507 e. The third-order valence-corrected chi connectivity index (χ3v) is 6.47. The van der Waals surface area contributed by atoms with Gasteiger partial charge in [0.15, 0.2) is 0 Å². The molecule has 196 valence electrons. The monoisotopic (exact) mass is 513 g/mol. The van der Waals surface area contributed by atoms with Crippen molar-refractivity contribution in [3.05, 3.63) is 100 Å². The summed E-state index contributed by atoms with van der Waals surface area (Å²) in [5.74, 6) is -1.71. The van der Waals surface area contributed by atoms with Crippen molar-refractivity contribution in [1.82, 2.24) is 0 Å². The van der Waals surface area contributed by atoms with Crippen molar-refractivity contribution in [1.29, 1.82) is 0 Å². The predicted molar refractivity (Wildman–Crippen MR) is 145 cm³/mol. The lowest BCUT2D eigenvalue weighted by Crippen LogP contribution is -2.30. The Balaban J connectivity index is 1.88. The highest BCUT2D eigenvalue weighted by molar-refractivity contribution is 6.51. The fourth-order valence-corrected chi connectivity index (χ4v) is 4.61. The van der Waals surface area contributed by atoms with Gasteiger partial charge in [-0.05, 0) is 80.3 Å². The van der Waals surface area contributed by atoms with Crippen LogP contribution in [0.25, 0.3) is 5.76 Å². The molecule has 1 heterocycles. The molecule has 1 amide bonds. The van der Waals surface area contributed by atoms with Gasteiger partial charge in [-0.3, -0.25) is 14.5 Å². The summed E-state index contributed by atoms with van der Waals surface area (Å²) in [5, 5.41) is 11.5. The number of hydrogen-bond donors (Lipinski definition) is 1. The van der Waals surface area contributed by atoms with E-state index in [1.807, 2.05) is 45.0 Å². The lowest BCUT2D eigenvalue weighted by Gasteiger charge is -2.27. The van der Waals surface area contributed by atoms with Gasteiger partial charge in [0.25, 0.3) is 11.7 Å². The molecule has 7 nitrogen and oxygen atoms in total. The third-order valence-electron chi connectivity index (χ3n) is 6.47. The maximum atomic E-state index is 13.5. The van der Waals surface area contributed by atoms with Crippen LogP contribution in [0.3, 0.4) is 0 Å². The van der Waals surface area contributed by atoms with Gasteiger partial charge in [-0.1, -0.05) is 37.3 Å². The summed E-state index contributed by atoms with van der Waals surface area (Å²) in [6.45, 7) is 8.24. The molecule has 7 heteroatoms. The Bertz CT molecular complexity index is 1420. The second kappa shape index (κ2) is 11.3. The number of ketones is 1. The lowest BCUT2D eigenvalue weighted by molar-refractivity contribution is -0.132. The molecular weight excluding hydrogens is 482 g/mol. The van der Waals surface area contributed by atoms with Crippen LogP contribution in [0.4, 0.5) is 5.69 Å². The zero-order valence-electron chi connectivity index (χ0n) is 22.0. The summed E-state index contributed by atoms with van der Waals surface area (Å²) in [6, 6.07) is 18.1. The van der Waals surface area contributed by atoms with Crippen molar-refractivity contribution in [3.63, 3.8) is 0 Å². The number of anilines is 1. The second-order valence-corrected chi connectivity index (χ2v) is 9.13. The fourth-order valence-electron chi connectivity index (χ4n) is 4.61. The second-order valence-electron chi connectivity index (χ2n) is 9.13. The summed E-state index contributed by atoms with van der Waals surface area (Å²) >= 11 is 0. The van der Waals surface area contributed by atoms with Crippen LogP contribution in [0.2, 0.25) is 0 Å². The number of rotatable bonds is 8. The van der Waals surface area contributed by atoms with Crippen LogP contribution in [0.15, 0.2) is 72.3 Å². The molecule has 1 N–H and O–H groups in total. The van der Waals surface area contributed by atoms with Crippen LogP contribution in [0.5, 0.6) is 5.75 Å². The van der Waals surface area contributed by atoms with Gasteiger partial charge in [0.05, 0.1) is 30.4 Å². The van der Waals surface area contributed by atoms with Gasteiger partial charge in [-0.15, -0.1) is 0 Å². The number of amides is 1. The minimum atomic E-state index is -0.898. The van der Waals surface area contributed by atoms with Gasteiger partial charge in [-0.2, -0.15) is 0 Å². The number of aliphatic hydroxyl groups excluding tert-OH is 1. The largest absolute Gasteiger partial charge is 0.507 e. The molecule has 0 saturated carbocycles. The Hall–Kier alpha value is -4.39. The van der Waals surface area contributed by atoms with E-state index in [2.05, 4.69) is 0 Å². The van der Waals surface area contributed by atoms with E-state index in [9.17, 15) is 19.5 Å². The number of nitrogens with zero attached hydrogens (tertiary/aromatic N) is 1. The fraction of sp³-hybridized carbons (Fsp3) is 0.258. The number of ether oxygens (including phenoxy) is 2. The molecule has 38 heavy (non-hydrogen) atoms. The van der Waals surface area contributed by atoms with E-state index in [4.69, 9.17) is 9.47 Å². The molecule has 0 aliphatic carbocycles. The molecule has 1 atom stereocenters. The highest BCUT2D eigenvalue weighted by Gasteiger charge is 2.47. The number of hydrogen-bond acceptors (Lipinski definition) is 6. The number of aryl methyl sites for hydroxylation is 2. The van der Waals surface area contributed by atoms with Crippen LogP contribution in [0, 0.1) is 13.8 Å². The zero-order valence-corrected chi connectivity index (χ0v) is 22.0. The summed E-state index contributed by atoms with van der Waals surface area (Å²) in [6.07, 6.45) is 0.860. The highest BCUT2D eigenvalue weighted by atomic mass is 16.5. The molecule has 3 aromatic rings. The molecule has 0 radical (unpaired) electrons. The number of aliphatic hydroxyl groups is 1. The zero-order chi connectivity index (χ0) is 27.4. The Morgan fingerprint density at radius 1 is 0.921 bits per heavy atom. The normalized spacial score (nSPS) is 16.5. The number of carbonyl (C=O) groups is 3. The van der Waals surface area contributed by atoms with Gasteiger partial charge < -0.3 is 14.6 Å². The van der Waals surface area contributed by atoms with E-state index >= 15 is 0 Å². The van der Waals surface area contributed by atoms with E-state index in [1.54, 1.807) is 43.3 Å². The Labute approximate surface area is 222 Å². The first-order valence-corrected chi connectivity index (χ1v) is 12.7. The minimum absolute atomic E-state index is 0.0209. The number of benzene rings is 3. The predicted octanol–water partition coefficient (Wildman–Crippen LogP) is 5.90. The Morgan fingerprint density at radius 2 is 1.68 bits per heavy atom. The summed E-state index contributed by atoms with van der Waals surface area (Å²) in [7, 11) is 0. The summed E-state index contributed by atoms with van der Waals surface area (Å²) in [4.78, 5) is 40.7. The van der Waals surface area contributed by atoms with Gasteiger partial charge in [0.1, 0.15) is 11.5 Å². The standard InChI is InChI=1S/C31H31NO6/c1-5-16-38-25-15-14-21(17-20(25)4)28(33)26-27(24-13-8-7-10-19(24)3)32(30(35)29(26)34)23-12-9-11-22(18-23)31(36)37-6-2/h7-15,17-18,27,33H,5-6,16H2,1-4H3/b28-26+. The van der Waals surface area contributed by atoms with Crippen molar-refractivity contribution in [2.24, 2.45) is 0 Å². The smallest absolute Gasteiger partial charge is 0.338 e. The Morgan fingerprint density at radius 3 is 2.37 bits per heavy atom. The number of carbonyl (C=O) groups excluding carboxylic acids is 3. The molecule has 1 aliphatic heterocycles. The quantitative estimate of drug-likeness (QED) is 0.175. The van der Waals surface area contributed by atoms with Crippen molar-refractivity contribution >= 4 is 29.1 Å². The molecule has 1 unspecified atom stereocenters. The molecule has 1 fully saturated rings. The molecule has 1 aliphatic rings. The van der Waals surface area contributed by atoms with E-state index in [1.165, 1.54) is 11.0 Å². The van der Waals surface area contributed by atoms with Crippen molar-refractivity contribution < 1.29 is 29.0 Å². The molecule has 1 saturated heterocycles. The molecule has 0 aromatic heterocycles. The average molecular weight is 514 g/mol. The van der Waals surface area contributed by atoms with Crippen molar-refractivity contribution in [2.45, 2.75) is 40.2 Å². The van der Waals surface area contributed by atoms with Gasteiger partial charge in [-0.25, -0.2) is 4.79 Å². The first kappa shape index (κ1) is 26.7. The lowest BCUT2D eigenvalue weighted by atomic mass is 9.92. The van der Waals surface area contributed by atoms with Gasteiger partial charge in [0, 0.05) is 11.3 Å². The summed E-state index contributed by atoms with van der Waals surface area (Å²) < 4.78 is 10.9. The molecule has 4 rings (SSSR count). The van der Waals surface area contributed by atoms with Gasteiger partial charge >= 0.3 is 5.97 Å². The van der Waals surface area contributed by atoms with Crippen LogP contribution in [-0.2, 0) is 14.3 Å². The SMILES string of the molecule is CCCOc1ccc(/C(O)=C2\C(=O)C(=O)N(c3cccc(C(=O)OCC)c3)C2c2ccccc2C)cc1C. The maximum Gasteiger partial charge on any atom is 0.338 e. The maximum absolute atomic E-state index is 13.5. The van der Waals surface area contributed by atoms with Crippen molar-refractivity contribution in [3.8, 4) is 5.75 Å². The Kier molecular flexibility index (Phi) is 7.96. The molecule has 3 aromatic carbocycles. The van der Waals surface area contributed by atoms with E-state index in [0.29, 0.717) is 29.2 Å². The first-order valence-electron chi connectivity index (χ1n) is 12.7. The summed E-state index contributed by atoms with van der Waals surface area (Å²) in [5.41, 5.74) is 3.32. The number of esters is 1. The first-order chi connectivity index (χ1) is 18.3. The van der Waals surface area contributed by atoms with E-state index in [0.717, 1.165) is 17.5 Å². The molecule has 0 bridgehead atoms.